The minimum atomic E-state index is -0.883. The summed E-state index contributed by atoms with van der Waals surface area (Å²) in [7, 11) is 3.18. The summed E-state index contributed by atoms with van der Waals surface area (Å²) in [5, 5.41) is 6.36. The number of rotatable bonds is 9. The average Bonchev–Trinajstić information content (AvgIpc) is 3.64. The predicted molar refractivity (Wildman–Crippen MR) is 185 cm³/mol. The highest BCUT2D eigenvalue weighted by molar-refractivity contribution is 7.22. The molecule has 4 aromatic rings. The second kappa shape index (κ2) is 14.2. The Morgan fingerprint density at radius 1 is 1.06 bits per heavy atom. The maximum Gasteiger partial charge on any atom is 0.414 e. The lowest BCUT2D eigenvalue weighted by Crippen LogP contribution is -2.66. The highest BCUT2D eigenvalue weighted by atomic mass is 32.1. The highest BCUT2D eigenvalue weighted by Gasteiger charge is 2.52. The molecule has 0 unspecified atom stereocenters. The number of urea groups is 1. The van der Waals surface area contributed by atoms with Crippen molar-refractivity contribution in [1.29, 1.82) is 0 Å². The van der Waals surface area contributed by atoms with Crippen molar-refractivity contribution in [2.45, 2.75) is 31.7 Å². The number of carbonyl (C=O) groups excluding carboxylic acids is 4. The molecule has 2 aliphatic heterocycles. The largest absolute Gasteiger partial charge is 0.414 e. The fourth-order valence-corrected chi connectivity index (χ4v) is 6.87. The van der Waals surface area contributed by atoms with Crippen molar-refractivity contribution in [1.82, 2.24) is 35.0 Å². The van der Waals surface area contributed by atoms with Gasteiger partial charge in [-0.05, 0) is 34.9 Å². The molecule has 2 fully saturated rings. The SMILES string of the molecule is C#CCN(C(=O)NCc1ccccc1)N1CC(=O)N2[C@@H](Cc3ccc(OC(=O)N(C)C)cc3)C(=O)N(Cc3cccc4sc(N)nc34)C[C@@H]21. The summed E-state index contributed by atoms with van der Waals surface area (Å²) in [6.07, 6.45) is 4.73. The van der Waals surface area contributed by atoms with E-state index in [9.17, 15) is 19.2 Å². The number of nitrogens with two attached hydrogens (primary N) is 1. The predicted octanol–water partition coefficient (Wildman–Crippen LogP) is 3.12. The molecule has 3 N–H and O–H groups in total. The quantitative estimate of drug-likeness (QED) is 0.257. The van der Waals surface area contributed by atoms with Crippen molar-refractivity contribution in [2.75, 3.05) is 39.5 Å². The molecule has 49 heavy (non-hydrogen) atoms. The zero-order valence-corrected chi connectivity index (χ0v) is 27.9. The van der Waals surface area contributed by atoms with Crippen LogP contribution in [0.5, 0.6) is 5.75 Å². The molecular formula is C35H36N8O5S. The topological polar surface area (TPSA) is 145 Å². The Morgan fingerprint density at radius 3 is 2.53 bits per heavy atom. The molecule has 2 atom stereocenters. The summed E-state index contributed by atoms with van der Waals surface area (Å²) in [5.41, 5.74) is 9.21. The molecule has 13 nitrogen and oxygen atoms in total. The second-order valence-corrected chi connectivity index (χ2v) is 13.0. The smallest absolute Gasteiger partial charge is 0.410 e. The van der Waals surface area contributed by atoms with Crippen LogP contribution in [0.15, 0.2) is 72.8 Å². The molecule has 252 valence electrons. The van der Waals surface area contributed by atoms with Crippen LogP contribution in [0.3, 0.4) is 0 Å². The molecule has 0 aliphatic carbocycles. The van der Waals surface area contributed by atoms with Crippen LogP contribution in [-0.2, 0) is 29.1 Å². The van der Waals surface area contributed by atoms with Crippen LogP contribution < -0.4 is 15.8 Å². The zero-order valence-electron chi connectivity index (χ0n) is 27.1. The highest BCUT2D eigenvalue weighted by Crippen LogP contribution is 2.32. The Hall–Kier alpha value is -5.65. The van der Waals surface area contributed by atoms with Crippen LogP contribution >= 0.6 is 11.3 Å². The number of para-hydroxylation sites is 1. The van der Waals surface area contributed by atoms with E-state index in [4.69, 9.17) is 16.9 Å². The number of fused-ring (bicyclic) bond motifs is 2. The summed E-state index contributed by atoms with van der Waals surface area (Å²) in [5.74, 6) is 2.35. The molecule has 3 heterocycles. The van der Waals surface area contributed by atoms with Crippen LogP contribution in [-0.4, -0.2) is 99.6 Å². The van der Waals surface area contributed by atoms with Crippen molar-refractivity contribution in [3.05, 3.63) is 89.5 Å². The molecule has 0 radical (unpaired) electrons. The van der Waals surface area contributed by atoms with E-state index in [2.05, 4.69) is 16.2 Å². The van der Waals surface area contributed by atoms with Gasteiger partial charge in [0.2, 0.25) is 11.8 Å². The number of aromatic nitrogens is 1. The van der Waals surface area contributed by atoms with E-state index in [1.807, 2.05) is 48.5 Å². The zero-order chi connectivity index (χ0) is 34.7. The third kappa shape index (κ3) is 7.13. The Morgan fingerprint density at radius 2 is 1.82 bits per heavy atom. The molecule has 14 heteroatoms. The molecular weight excluding hydrogens is 645 g/mol. The van der Waals surface area contributed by atoms with Gasteiger partial charge < -0.3 is 30.5 Å². The van der Waals surface area contributed by atoms with Crippen LogP contribution in [0, 0.1) is 12.3 Å². The summed E-state index contributed by atoms with van der Waals surface area (Å²) in [6.45, 7) is 0.396. The molecule has 1 aromatic heterocycles. The first-order valence-electron chi connectivity index (χ1n) is 15.6. The van der Waals surface area contributed by atoms with Gasteiger partial charge in [0.25, 0.3) is 0 Å². The number of amides is 5. The van der Waals surface area contributed by atoms with Crippen molar-refractivity contribution < 1.29 is 23.9 Å². The van der Waals surface area contributed by atoms with Gasteiger partial charge in [-0.25, -0.2) is 19.6 Å². The summed E-state index contributed by atoms with van der Waals surface area (Å²) in [4.78, 5) is 62.8. The van der Waals surface area contributed by atoms with Gasteiger partial charge in [0, 0.05) is 33.6 Å². The number of thiazole rings is 1. The number of anilines is 1. The molecule has 0 saturated carbocycles. The van der Waals surface area contributed by atoms with E-state index in [1.54, 1.807) is 53.2 Å². The lowest BCUT2D eigenvalue weighted by atomic mass is 9.99. The van der Waals surface area contributed by atoms with Crippen LogP contribution in [0.2, 0.25) is 0 Å². The second-order valence-electron chi connectivity index (χ2n) is 11.9. The van der Waals surface area contributed by atoms with E-state index in [0.717, 1.165) is 21.4 Å². The number of terminal acetylenes is 1. The van der Waals surface area contributed by atoms with Gasteiger partial charge in [-0.3, -0.25) is 9.59 Å². The number of nitrogens with zero attached hydrogens (tertiary/aromatic N) is 6. The van der Waals surface area contributed by atoms with Crippen molar-refractivity contribution in [3.63, 3.8) is 0 Å². The van der Waals surface area contributed by atoms with Crippen LogP contribution in [0.4, 0.5) is 14.7 Å². The van der Waals surface area contributed by atoms with Gasteiger partial charge in [-0.15, -0.1) is 6.42 Å². The Labute approximate surface area is 287 Å². The van der Waals surface area contributed by atoms with Crippen LogP contribution in [0.25, 0.3) is 10.2 Å². The molecule has 0 bridgehead atoms. The van der Waals surface area contributed by atoms with E-state index < -0.39 is 24.3 Å². The van der Waals surface area contributed by atoms with Crippen molar-refractivity contribution in [3.8, 4) is 18.1 Å². The maximum atomic E-state index is 14.3. The Bertz CT molecular complexity index is 1910. The fourth-order valence-electron chi connectivity index (χ4n) is 6.09. The number of hydrazine groups is 1. The molecule has 3 aromatic carbocycles. The molecule has 2 saturated heterocycles. The first-order valence-corrected chi connectivity index (χ1v) is 16.5. The van der Waals surface area contributed by atoms with Gasteiger partial charge in [-0.1, -0.05) is 71.9 Å². The van der Waals surface area contributed by atoms with Gasteiger partial charge in [0.1, 0.15) is 18.0 Å². The lowest BCUT2D eigenvalue weighted by molar-refractivity contribution is -0.157. The third-order valence-corrected chi connectivity index (χ3v) is 9.29. The molecule has 2 aliphatic rings. The van der Waals surface area contributed by atoms with Crippen molar-refractivity contribution >= 4 is 50.6 Å². The van der Waals surface area contributed by atoms with Crippen molar-refractivity contribution in [2.24, 2.45) is 0 Å². The molecule has 5 amide bonds. The Balaban J connectivity index is 1.30. The normalized spacial score (nSPS) is 17.5. The molecule has 0 spiro atoms. The van der Waals surface area contributed by atoms with E-state index in [1.165, 1.54) is 21.2 Å². The number of benzene rings is 3. The summed E-state index contributed by atoms with van der Waals surface area (Å²) >= 11 is 1.37. The number of hydrogen-bond donors (Lipinski definition) is 2. The molecule has 6 rings (SSSR count). The average molecular weight is 681 g/mol. The van der Waals surface area contributed by atoms with Gasteiger partial charge in [0.05, 0.1) is 29.9 Å². The summed E-state index contributed by atoms with van der Waals surface area (Å²) in [6, 6.07) is 20.7. The lowest BCUT2D eigenvalue weighted by Gasteiger charge is -2.46. The fraction of sp³-hybridized carbons (Fsp3) is 0.286. The van der Waals surface area contributed by atoms with E-state index >= 15 is 0 Å². The number of hydrogen-bond acceptors (Lipinski definition) is 9. The third-order valence-electron chi connectivity index (χ3n) is 8.44. The number of piperazine rings is 1. The monoisotopic (exact) mass is 680 g/mol. The Kier molecular flexibility index (Phi) is 9.65. The first-order chi connectivity index (χ1) is 23.6. The minimum Gasteiger partial charge on any atom is -0.410 e. The summed E-state index contributed by atoms with van der Waals surface area (Å²) < 4.78 is 6.25. The van der Waals surface area contributed by atoms with Gasteiger partial charge in [0.15, 0.2) is 5.13 Å². The van der Waals surface area contributed by atoms with E-state index in [0.29, 0.717) is 16.4 Å². The number of ether oxygens (including phenoxy) is 1. The number of carbonyl (C=O) groups is 4. The number of nitrogen functional groups attached to an aromatic ring is 1. The minimum absolute atomic E-state index is 0.0819. The van der Waals surface area contributed by atoms with Gasteiger partial charge in [-0.2, -0.15) is 5.01 Å². The van der Waals surface area contributed by atoms with E-state index in [-0.39, 0.29) is 51.0 Å². The standard InChI is InChI=1S/C35H36N8O5S/c1-4-17-41(34(46)37-19-24-9-6-5-7-10-24)42-22-30(44)43-27(18-23-13-15-26(16-14-23)48-35(47)39(2)3)32(45)40(21-29(42)43)20-25-11-8-12-28-31(25)38-33(36)49-28/h1,5-16,27,29H,17-22H2,2-3H3,(H2,36,38)(H,37,46)/t27-,29+/m0/s1. The first kappa shape index (κ1) is 33.3. The maximum absolute atomic E-state index is 14.3. The van der Waals surface area contributed by atoms with Gasteiger partial charge >= 0.3 is 12.1 Å². The number of nitrogens with one attached hydrogen (secondary N) is 1. The van der Waals surface area contributed by atoms with Crippen LogP contribution in [0.1, 0.15) is 16.7 Å².